The molecule has 0 heterocycles. The van der Waals surface area contributed by atoms with Crippen LogP contribution in [0, 0.1) is 17.8 Å². The van der Waals surface area contributed by atoms with Crippen molar-refractivity contribution in [3.05, 3.63) is 29.8 Å². The van der Waals surface area contributed by atoms with Gasteiger partial charge < -0.3 is 10.2 Å². The Morgan fingerprint density at radius 3 is 2.07 bits per heavy atom. The molecule has 4 bridgehead atoms. The molecule has 4 aliphatic carbocycles. The van der Waals surface area contributed by atoms with Crippen LogP contribution in [0.1, 0.15) is 51.0 Å². The zero-order valence-corrected chi connectivity index (χ0v) is 18.6. The second-order valence-electron chi connectivity index (χ2n) is 10.1. The third-order valence-corrected chi connectivity index (χ3v) is 7.34. The van der Waals surface area contributed by atoms with Gasteiger partial charge in [0.05, 0.1) is 6.54 Å². The Kier molecular flexibility index (Phi) is 6.05. The van der Waals surface area contributed by atoms with E-state index in [-0.39, 0.29) is 24.0 Å². The molecule has 0 radical (unpaired) electrons. The number of anilines is 1. The van der Waals surface area contributed by atoms with Crippen LogP contribution in [0.2, 0.25) is 0 Å². The van der Waals surface area contributed by atoms with Gasteiger partial charge in [-0.05, 0) is 80.5 Å². The highest BCUT2D eigenvalue weighted by atomic mass is 16.2. The molecule has 0 aliphatic heterocycles. The Balaban J connectivity index is 1.27. The second kappa shape index (κ2) is 8.58. The van der Waals surface area contributed by atoms with Crippen LogP contribution in [0.5, 0.6) is 0 Å². The van der Waals surface area contributed by atoms with Crippen molar-refractivity contribution < 1.29 is 9.59 Å². The fourth-order valence-electron chi connectivity index (χ4n) is 6.34. The van der Waals surface area contributed by atoms with E-state index in [2.05, 4.69) is 44.7 Å². The molecule has 0 unspecified atom stereocenters. The summed E-state index contributed by atoms with van der Waals surface area (Å²) in [6.45, 7) is 3.70. The van der Waals surface area contributed by atoms with E-state index in [0.29, 0.717) is 6.54 Å². The summed E-state index contributed by atoms with van der Waals surface area (Å²) in [6.07, 6.45) is 7.27. The number of benzene rings is 1. The number of nitrogens with zero attached hydrogens (tertiary/aromatic N) is 2. The standard InChI is InChI=1S/C24H36N4O2/c1-4-28(15-17-5-7-21(8-6-17)27(2)3)16-22(29)25-23(30)26-24-12-18-9-19(13-24)11-20(10-18)14-24/h5-8,18-20H,4,9-16H2,1-3H3,(H2,25,26,29,30). The Hall–Kier alpha value is -2.08. The summed E-state index contributed by atoms with van der Waals surface area (Å²) in [7, 11) is 4.04. The van der Waals surface area contributed by atoms with Gasteiger partial charge in [-0.3, -0.25) is 15.0 Å². The van der Waals surface area contributed by atoms with E-state index in [1.165, 1.54) is 19.3 Å². The Morgan fingerprint density at radius 1 is 1.00 bits per heavy atom. The highest BCUT2D eigenvalue weighted by Gasteiger charge is 2.51. The number of amides is 3. The smallest absolute Gasteiger partial charge is 0.321 e. The first-order chi connectivity index (χ1) is 14.3. The van der Waals surface area contributed by atoms with Gasteiger partial charge in [-0.1, -0.05) is 19.1 Å². The molecule has 1 aromatic carbocycles. The quantitative estimate of drug-likeness (QED) is 0.721. The maximum Gasteiger partial charge on any atom is 0.321 e. The molecule has 4 aliphatic rings. The molecule has 6 heteroatoms. The van der Waals surface area contributed by atoms with Crippen LogP contribution in [0.4, 0.5) is 10.5 Å². The Morgan fingerprint density at radius 2 is 1.57 bits per heavy atom. The topological polar surface area (TPSA) is 64.7 Å². The Labute approximate surface area is 180 Å². The van der Waals surface area contributed by atoms with Crippen molar-refractivity contribution >= 4 is 17.6 Å². The van der Waals surface area contributed by atoms with Crippen molar-refractivity contribution in [2.45, 2.75) is 57.5 Å². The molecule has 0 atom stereocenters. The van der Waals surface area contributed by atoms with Crippen LogP contribution in [-0.2, 0) is 11.3 Å². The average molecular weight is 413 g/mol. The molecule has 3 amide bonds. The molecular formula is C24H36N4O2. The summed E-state index contributed by atoms with van der Waals surface area (Å²) in [5.41, 5.74) is 2.24. The van der Waals surface area contributed by atoms with E-state index in [4.69, 9.17) is 0 Å². The third kappa shape index (κ3) is 4.80. The Bertz CT molecular complexity index is 739. The molecule has 0 spiro atoms. The van der Waals surface area contributed by atoms with E-state index < -0.39 is 0 Å². The zero-order chi connectivity index (χ0) is 21.3. The molecule has 1 aromatic rings. The lowest BCUT2D eigenvalue weighted by molar-refractivity contribution is -0.121. The van der Waals surface area contributed by atoms with Crippen molar-refractivity contribution in [1.29, 1.82) is 0 Å². The molecule has 164 valence electrons. The monoisotopic (exact) mass is 412 g/mol. The first kappa shape index (κ1) is 21.2. The second-order valence-corrected chi connectivity index (χ2v) is 10.1. The number of rotatable bonds is 7. The van der Waals surface area contributed by atoms with Crippen molar-refractivity contribution in [3.8, 4) is 0 Å². The molecule has 30 heavy (non-hydrogen) atoms. The van der Waals surface area contributed by atoms with Crippen LogP contribution in [0.15, 0.2) is 24.3 Å². The molecule has 0 aromatic heterocycles. The van der Waals surface area contributed by atoms with Crippen molar-refractivity contribution in [2.75, 3.05) is 32.1 Å². The van der Waals surface area contributed by atoms with Gasteiger partial charge in [0.25, 0.3) is 0 Å². The highest BCUT2D eigenvalue weighted by Crippen LogP contribution is 2.55. The van der Waals surface area contributed by atoms with Crippen LogP contribution < -0.4 is 15.5 Å². The van der Waals surface area contributed by atoms with E-state index >= 15 is 0 Å². The van der Waals surface area contributed by atoms with Crippen LogP contribution in [-0.4, -0.2) is 49.6 Å². The van der Waals surface area contributed by atoms with Crippen molar-refractivity contribution in [1.82, 2.24) is 15.5 Å². The number of carbonyl (C=O) groups is 2. The number of hydrogen-bond acceptors (Lipinski definition) is 4. The number of nitrogens with one attached hydrogen (secondary N) is 2. The third-order valence-electron chi connectivity index (χ3n) is 7.34. The van der Waals surface area contributed by atoms with Gasteiger partial charge in [0.2, 0.25) is 5.91 Å². The highest BCUT2D eigenvalue weighted by molar-refractivity contribution is 5.95. The number of hydrogen-bond donors (Lipinski definition) is 2. The van der Waals surface area contributed by atoms with Gasteiger partial charge in [-0.15, -0.1) is 0 Å². The molecule has 6 nitrogen and oxygen atoms in total. The summed E-state index contributed by atoms with van der Waals surface area (Å²) in [6, 6.07) is 8.05. The summed E-state index contributed by atoms with van der Waals surface area (Å²) in [5.74, 6) is 2.06. The van der Waals surface area contributed by atoms with E-state index in [1.807, 2.05) is 21.0 Å². The van der Waals surface area contributed by atoms with Crippen LogP contribution >= 0.6 is 0 Å². The zero-order valence-electron chi connectivity index (χ0n) is 18.6. The number of carbonyl (C=O) groups excluding carboxylic acids is 2. The van der Waals surface area contributed by atoms with E-state index in [9.17, 15) is 9.59 Å². The lowest BCUT2D eigenvalue weighted by Gasteiger charge is -2.56. The fraction of sp³-hybridized carbons (Fsp3) is 0.667. The SMILES string of the molecule is CCN(CC(=O)NC(=O)NC12CC3CC(CC(C3)C1)C2)Cc1ccc(N(C)C)cc1. The van der Waals surface area contributed by atoms with Crippen molar-refractivity contribution in [3.63, 3.8) is 0 Å². The van der Waals surface area contributed by atoms with Gasteiger partial charge in [0.15, 0.2) is 0 Å². The predicted octanol–water partition coefficient (Wildman–Crippen LogP) is 3.37. The minimum absolute atomic E-state index is 0.0717. The van der Waals surface area contributed by atoms with Crippen LogP contribution in [0.25, 0.3) is 0 Å². The first-order valence-corrected chi connectivity index (χ1v) is 11.4. The number of imide groups is 1. The predicted molar refractivity (Wildman–Crippen MR) is 119 cm³/mol. The lowest BCUT2D eigenvalue weighted by atomic mass is 9.53. The maximum atomic E-state index is 12.6. The van der Waals surface area contributed by atoms with E-state index in [0.717, 1.165) is 54.8 Å². The molecular weight excluding hydrogens is 376 g/mol. The van der Waals surface area contributed by atoms with Gasteiger partial charge in [0.1, 0.15) is 0 Å². The number of urea groups is 1. The minimum atomic E-state index is -0.312. The number of likely N-dealkylation sites (N-methyl/N-ethyl adjacent to an activating group) is 1. The summed E-state index contributed by atoms with van der Waals surface area (Å²) in [5, 5.41) is 5.81. The van der Waals surface area contributed by atoms with Gasteiger partial charge in [-0.25, -0.2) is 4.79 Å². The maximum absolute atomic E-state index is 12.6. The molecule has 0 saturated heterocycles. The lowest BCUT2D eigenvalue weighted by Crippen LogP contribution is -2.62. The van der Waals surface area contributed by atoms with Crippen LogP contribution in [0.3, 0.4) is 0 Å². The summed E-state index contributed by atoms with van der Waals surface area (Å²) in [4.78, 5) is 29.2. The first-order valence-electron chi connectivity index (χ1n) is 11.4. The van der Waals surface area contributed by atoms with Crippen molar-refractivity contribution in [2.24, 2.45) is 17.8 Å². The van der Waals surface area contributed by atoms with E-state index in [1.54, 1.807) is 0 Å². The molecule has 4 saturated carbocycles. The molecule has 4 fully saturated rings. The molecule has 2 N–H and O–H groups in total. The molecule has 5 rings (SSSR count). The largest absolute Gasteiger partial charge is 0.378 e. The summed E-state index contributed by atoms with van der Waals surface area (Å²) < 4.78 is 0. The fourth-order valence-corrected chi connectivity index (χ4v) is 6.34. The van der Waals surface area contributed by atoms with Gasteiger partial charge in [0, 0.05) is 31.9 Å². The summed E-state index contributed by atoms with van der Waals surface area (Å²) >= 11 is 0. The normalized spacial score (nSPS) is 29.1. The van der Waals surface area contributed by atoms with Gasteiger partial charge in [-0.2, -0.15) is 0 Å². The minimum Gasteiger partial charge on any atom is -0.378 e. The van der Waals surface area contributed by atoms with Gasteiger partial charge >= 0.3 is 6.03 Å². The average Bonchev–Trinajstić information content (AvgIpc) is 2.66.